The number of amides is 3. The predicted octanol–water partition coefficient (Wildman–Crippen LogP) is 4.17. The number of benzene rings is 2. The van der Waals surface area contributed by atoms with Gasteiger partial charge in [0.05, 0.1) is 29.7 Å². The molecule has 4 rings (SSSR count). The van der Waals surface area contributed by atoms with E-state index in [1.54, 1.807) is 30.3 Å². The molecule has 1 atom stereocenters. The molecule has 214 valence electrons. The van der Waals surface area contributed by atoms with Crippen molar-refractivity contribution in [2.75, 3.05) is 13.1 Å². The Morgan fingerprint density at radius 3 is 2.32 bits per heavy atom. The van der Waals surface area contributed by atoms with Crippen molar-refractivity contribution >= 4 is 29.1 Å². The molecule has 2 N–H and O–H groups in total. The van der Waals surface area contributed by atoms with E-state index < -0.39 is 60.9 Å². The van der Waals surface area contributed by atoms with Gasteiger partial charge in [0.2, 0.25) is 5.91 Å². The lowest BCUT2D eigenvalue weighted by atomic mass is 10.1. The highest BCUT2D eigenvalue weighted by Crippen LogP contribution is 2.31. The second-order valence-corrected chi connectivity index (χ2v) is 10.2. The molecule has 14 heteroatoms. The van der Waals surface area contributed by atoms with Crippen LogP contribution in [-0.4, -0.2) is 52.7 Å². The number of carbonyl (C=O) groups excluding carboxylic acids is 3. The van der Waals surface area contributed by atoms with Crippen molar-refractivity contribution in [3.8, 4) is 6.07 Å². The Morgan fingerprint density at radius 2 is 1.68 bits per heavy atom. The molecule has 0 spiro atoms. The summed E-state index contributed by atoms with van der Waals surface area (Å²) in [5.41, 5.74) is 0.922. The van der Waals surface area contributed by atoms with Gasteiger partial charge in [-0.05, 0) is 35.4 Å². The number of halogens is 5. The third-order valence-electron chi connectivity index (χ3n) is 6.23. The van der Waals surface area contributed by atoms with Crippen LogP contribution in [0.2, 0.25) is 0 Å². The van der Waals surface area contributed by atoms with Crippen LogP contribution in [0.4, 0.5) is 22.0 Å². The number of carbonyl (C=O) groups is 3. The van der Waals surface area contributed by atoms with Crippen molar-refractivity contribution in [3.05, 3.63) is 86.9 Å². The Hall–Kier alpha value is -4.38. The van der Waals surface area contributed by atoms with E-state index in [9.17, 15) is 36.3 Å². The number of hydrogen-bond donors (Lipinski definition) is 2. The van der Waals surface area contributed by atoms with E-state index in [0.29, 0.717) is 22.6 Å². The number of aromatic nitrogens is 1. The third kappa shape index (κ3) is 7.63. The summed E-state index contributed by atoms with van der Waals surface area (Å²) in [6, 6.07) is 11.5. The van der Waals surface area contributed by atoms with E-state index in [2.05, 4.69) is 15.6 Å². The van der Waals surface area contributed by atoms with Crippen LogP contribution in [0.25, 0.3) is 0 Å². The first-order valence-corrected chi connectivity index (χ1v) is 13.1. The second-order valence-electron chi connectivity index (χ2n) is 9.29. The van der Waals surface area contributed by atoms with Crippen molar-refractivity contribution in [1.82, 2.24) is 20.5 Å². The maximum atomic E-state index is 13.5. The first-order chi connectivity index (χ1) is 19.3. The van der Waals surface area contributed by atoms with E-state index in [-0.39, 0.29) is 12.2 Å². The van der Waals surface area contributed by atoms with E-state index in [1.807, 2.05) is 0 Å². The molecule has 0 saturated carbocycles. The number of nitrogens with one attached hydrogen (secondary N) is 2. The molecule has 41 heavy (non-hydrogen) atoms. The predicted molar refractivity (Wildman–Crippen MR) is 137 cm³/mol. The number of thiazole rings is 1. The highest BCUT2D eigenvalue weighted by atomic mass is 32.1. The topological polar surface area (TPSA) is 115 Å². The Labute approximate surface area is 234 Å². The number of nitrogens with zero attached hydrogens (tertiary/aromatic N) is 3. The van der Waals surface area contributed by atoms with E-state index >= 15 is 0 Å². The molecular formula is C27H22F5N5O3S. The molecule has 8 nitrogen and oxygen atoms in total. The fraction of sp³-hybridized carbons (Fsp3) is 0.296. The van der Waals surface area contributed by atoms with Crippen LogP contribution in [0.15, 0.2) is 53.9 Å². The van der Waals surface area contributed by atoms with Gasteiger partial charge >= 0.3 is 6.18 Å². The van der Waals surface area contributed by atoms with Gasteiger partial charge < -0.3 is 15.5 Å². The number of rotatable bonds is 8. The van der Waals surface area contributed by atoms with Crippen molar-refractivity contribution in [3.63, 3.8) is 0 Å². The molecule has 1 fully saturated rings. The molecular weight excluding hydrogens is 569 g/mol. The molecule has 2 aromatic carbocycles. The first kappa shape index (κ1) is 29.6. The minimum absolute atomic E-state index is 0.0423. The quantitative estimate of drug-likeness (QED) is 0.382. The monoisotopic (exact) mass is 591 g/mol. The Morgan fingerprint density at radius 1 is 1.02 bits per heavy atom. The fourth-order valence-electron chi connectivity index (χ4n) is 4.08. The molecule has 0 radical (unpaired) electrons. The van der Waals surface area contributed by atoms with Gasteiger partial charge in [-0.15, -0.1) is 11.3 Å². The molecule has 0 aliphatic carbocycles. The maximum absolute atomic E-state index is 13.5. The lowest BCUT2D eigenvalue weighted by Crippen LogP contribution is -2.43. The maximum Gasteiger partial charge on any atom is 0.416 e. The summed E-state index contributed by atoms with van der Waals surface area (Å²) in [5, 5.41) is 16.1. The minimum atomic E-state index is -4.43. The molecule has 1 saturated heterocycles. The molecule has 0 unspecified atom stereocenters. The van der Waals surface area contributed by atoms with Gasteiger partial charge in [-0.1, -0.05) is 24.3 Å². The van der Waals surface area contributed by atoms with Gasteiger partial charge in [0.15, 0.2) is 0 Å². The van der Waals surface area contributed by atoms with Crippen molar-refractivity contribution in [2.24, 2.45) is 0 Å². The number of nitriles is 1. The average Bonchev–Trinajstić information content (AvgIpc) is 3.53. The lowest BCUT2D eigenvalue weighted by Gasteiger charge is -2.19. The zero-order valence-corrected chi connectivity index (χ0v) is 22.0. The highest BCUT2D eigenvalue weighted by molar-refractivity contribution is 7.09. The molecule has 3 aromatic rings. The molecule has 0 bridgehead atoms. The lowest BCUT2D eigenvalue weighted by molar-refractivity contribution is -0.137. The van der Waals surface area contributed by atoms with Crippen molar-refractivity contribution in [1.29, 1.82) is 5.26 Å². The zero-order chi connectivity index (χ0) is 29.8. The van der Waals surface area contributed by atoms with Crippen molar-refractivity contribution < 1.29 is 36.3 Å². The first-order valence-electron chi connectivity index (χ1n) is 12.2. The standard InChI is InChI=1S/C27H22F5N5O3S/c28-26(29)10-20(11-33)37(15-26)23(38)13-35-25(40)21-14-41-22(36-21)9-16-1-5-18(6-2-16)24(39)34-12-17-3-7-19(8-4-17)27(30,31)32/h1-8,14,20H,9-10,12-13,15H2,(H,34,39)(H,35,40)/t20-/m0/s1. The van der Waals surface area contributed by atoms with Gasteiger partial charge in [-0.2, -0.15) is 18.4 Å². The highest BCUT2D eigenvalue weighted by Gasteiger charge is 2.47. The SMILES string of the molecule is N#C[C@@H]1CC(F)(F)CN1C(=O)CNC(=O)c1csc(Cc2ccc(C(=O)NCc3ccc(C(F)(F)F)cc3)cc2)n1. The summed E-state index contributed by atoms with van der Waals surface area (Å²) >= 11 is 1.20. The molecule has 3 amide bonds. The summed E-state index contributed by atoms with van der Waals surface area (Å²) in [6.07, 6.45) is -4.83. The number of likely N-dealkylation sites (tertiary alicyclic amines) is 1. The second kappa shape index (κ2) is 12.0. The van der Waals surface area contributed by atoms with E-state index in [0.717, 1.165) is 22.6 Å². The van der Waals surface area contributed by atoms with Crippen LogP contribution in [0, 0.1) is 11.3 Å². The van der Waals surface area contributed by atoms with E-state index in [4.69, 9.17) is 5.26 Å². The van der Waals surface area contributed by atoms with Crippen LogP contribution >= 0.6 is 11.3 Å². The average molecular weight is 592 g/mol. The fourth-order valence-corrected chi connectivity index (χ4v) is 4.89. The van der Waals surface area contributed by atoms with E-state index in [1.165, 1.54) is 28.8 Å². The smallest absolute Gasteiger partial charge is 0.348 e. The van der Waals surface area contributed by atoms with Gasteiger partial charge in [0.1, 0.15) is 11.7 Å². The summed E-state index contributed by atoms with van der Waals surface area (Å²) < 4.78 is 65.1. The largest absolute Gasteiger partial charge is 0.416 e. The Balaban J connectivity index is 1.26. The van der Waals surface area contributed by atoms with Gasteiger partial charge in [0, 0.05) is 30.3 Å². The zero-order valence-electron chi connectivity index (χ0n) is 21.2. The number of hydrogen-bond acceptors (Lipinski definition) is 6. The Bertz CT molecular complexity index is 1470. The summed E-state index contributed by atoms with van der Waals surface area (Å²) in [4.78, 5) is 42.1. The van der Waals surface area contributed by atoms with Crippen LogP contribution in [0.3, 0.4) is 0 Å². The van der Waals surface area contributed by atoms with Crippen LogP contribution in [-0.2, 0) is 23.9 Å². The van der Waals surface area contributed by atoms with Gasteiger partial charge in [-0.25, -0.2) is 13.8 Å². The number of alkyl halides is 5. The minimum Gasteiger partial charge on any atom is -0.348 e. The summed E-state index contributed by atoms with van der Waals surface area (Å²) in [5.74, 6) is -5.01. The van der Waals surface area contributed by atoms with Crippen molar-refractivity contribution in [2.45, 2.75) is 37.5 Å². The third-order valence-corrected chi connectivity index (χ3v) is 7.08. The van der Waals surface area contributed by atoms with Gasteiger partial charge in [-0.3, -0.25) is 14.4 Å². The normalized spacial score (nSPS) is 16.2. The molecule has 2 heterocycles. The summed E-state index contributed by atoms with van der Waals surface area (Å²) in [6.45, 7) is -1.37. The summed E-state index contributed by atoms with van der Waals surface area (Å²) in [7, 11) is 0. The van der Waals surface area contributed by atoms with Gasteiger partial charge in [0.25, 0.3) is 17.7 Å². The molecule has 1 aromatic heterocycles. The molecule has 1 aliphatic heterocycles. The van der Waals surface area contributed by atoms with Crippen LogP contribution in [0.5, 0.6) is 0 Å². The molecule has 1 aliphatic rings. The Kier molecular flexibility index (Phi) is 8.67. The van der Waals surface area contributed by atoms with Crippen LogP contribution < -0.4 is 10.6 Å². The van der Waals surface area contributed by atoms with Crippen LogP contribution in [0.1, 0.15) is 49.0 Å².